The molecule has 0 radical (unpaired) electrons. The zero-order valence-electron chi connectivity index (χ0n) is 20.5. The molecular weight excluding hydrogens is 547 g/mol. The Kier molecular flexibility index (Phi) is 6.57. The number of benzene rings is 2. The summed E-state index contributed by atoms with van der Waals surface area (Å²) >= 11 is 16.0. The highest BCUT2D eigenvalue weighted by Crippen LogP contribution is 2.38. The van der Waals surface area contributed by atoms with Crippen LogP contribution in [0.25, 0.3) is 21.7 Å². The Bertz CT molecular complexity index is 1700. The molecule has 0 amide bonds. The van der Waals surface area contributed by atoms with Crippen LogP contribution in [-0.4, -0.2) is 25.3 Å². The molecule has 5 aromatic rings. The molecule has 0 bridgehead atoms. The van der Waals surface area contributed by atoms with Gasteiger partial charge in [-0.1, -0.05) is 67.0 Å². The number of hydrogen-bond donors (Lipinski definition) is 0. The lowest BCUT2D eigenvalue weighted by Crippen LogP contribution is -2.28. The first-order valence-corrected chi connectivity index (χ1v) is 14.6. The average Bonchev–Trinajstić information content (AvgIpc) is 3.45. The van der Waals surface area contributed by atoms with Crippen molar-refractivity contribution >= 4 is 62.3 Å². The summed E-state index contributed by atoms with van der Waals surface area (Å²) in [7, 11) is 0. The van der Waals surface area contributed by atoms with Crippen molar-refractivity contribution < 1.29 is 4.74 Å². The van der Waals surface area contributed by atoms with Crippen LogP contribution in [0.3, 0.4) is 0 Å². The fraction of sp³-hybridized carbons (Fsp3) is 0.296. The van der Waals surface area contributed by atoms with Gasteiger partial charge in [-0.05, 0) is 53.8 Å². The first kappa shape index (κ1) is 24.9. The average molecular weight is 572 g/mol. The topological polar surface area (TPSA) is 61.4 Å². The highest BCUT2D eigenvalue weighted by molar-refractivity contribution is 7.98. The number of thioether (sulfide) groups is 1. The predicted molar refractivity (Wildman–Crippen MR) is 152 cm³/mol. The van der Waals surface area contributed by atoms with Gasteiger partial charge in [0.2, 0.25) is 5.78 Å². The minimum absolute atomic E-state index is 0.0740. The molecular formula is C27H24Cl2N4O2S2. The van der Waals surface area contributed by atoms with Gasteiger partial charge >= 0.3 is 0 Å². The van der Waals surface area contributed by atoms with Gasteiger partial charge in [0.25, 0.3) is 5.56 Å². The Morgan fingerprint density at radius 3 is 2.65 bits per heavy atom. The number of rotatable bonds is 5. The van der Waals surface area contributed by atoms with Gasteiger partial charge < -0.3 is 4.74 Å². The summed E-state index contributed by atoms with van der Waals surface area (Å²) < 4.78 is 9.83. The maximum absolute atomic E-state index is 14.1. The number of halogens is 2. The van der Waals surface area contributed by atoms with Crippen LogP contribution in [0.15, 0.2) is 52.4 Å². The van der Waals surface area contributed by atoms with E-state index in [9.17, 15) is 4.79 Å². The highest BCUT2D eigenvalue weighted by atomic mass is 35.5. The Morgan fingerprint density at radius 2 is 1.92 bits per heavy atom. The molecule has 1 aliphatic rings. The third-order valence-corrected chi connectivity index (χ3v) is 9.61. The first-order valence-electron chi connectivity index (χ1n) is 12.0. The monoisotopic (exact) mass is 570 g/mol. The third-order valence-electron chi connectivity index (χ3n) is 6.75. The number of aromatic nitrogens is 4. The van der Waals surface area contributed by atoms with Gasteiger partial charge in [0, 0.05) is 27.1 Å². The summed E-state index contributed by atoms with van der Waals surface area (Å²) in [5.41, 5.74) is 3.67. The van der Waals surface area contributed by atoms with Gasteiger partial charge in [-0.2, -0.15) is 0 Å². The molecule has 37 heavy (non-hydrogen) atoms. The summed E-state index contributed by atoms with van der Waals surface area (Å²) in [6.45, 7) is 6.83. The van der Waals surface area contributed by atoms with Crippen LogP contribution >= 0.6 is 46.3 Å². The molecule has 0 spiro atoms. The minimum Gasteiger partial charge on any atom is -0.372 e. The molecule has 2 aromatic carbocycles. The van der Waals surface area contributed by atoms with Crippen molar-refractivity contribution in [2.45, 2.75) is 50.8 Å². The minimum atomic E-state index is -0.0758. The van der Waals surface area contributed by atoms with Crippen LogP contribution < -0.4 is 5.56 Å². The molecule has 0 N–H and O–H groups in total. The van der Waals surface area contributed by atoms with E-state index < -0.39 is 0 Å². The van der Waals surface area contributed by atoms with Crippen molar-refractivity contribution in [3.05, 3.63) is 84.4 Å². The van der Waals surface area contributed by atoms with Crippen molar-refractivity contribution in [2.75, 3.05) is 0 Å². The van der Waals surface area contributed by atoms with E-state index in [0.717, 1.165) is 37.5 Å². The number of fused-ring (bicyclic) bond motifs is 5. The predicted octanol–water partition coefficient (Wildman–Crippen LogP) is 7.10. The second-order valence-corrected chi connectivity index (χ2v) is 12.4. The molecule has 0 aliphatic carbocycles. The van der Waals surface area contributed by atoms with Gasteiger partial charge in [0.1, 0.15) is 4.83 Å². The quantitative estimate of drug-likeness (QED) is 0.211. The Labute approximate surface area is 232 Å². The fourth-order valence-electron chi connectivity index (χ4n) is 4.77. The van der Waals surface area contributed by atoms with E-state index in [2.05, 4.69) is 24.0 Å². The van der Waals surface area contributed by atoms with E-state index in [0.29, 0.717) is 45.7 Å². The van der Waals surface area contributed by atoms with Gasteiger partial charge in [-0.15, -0.1) is 21.5 Å². The molecule has 0 fully saturated rings. The van der Waals surface area contributed by atoms with Gasteiger partial charge in [-0.3, -0.25) is 4.79 Å². The Morgan fingerprint density at radius 1 is 1.16 bits per heavy atom. The third kappa shape index (κ3) is 4.29. The molecule has 0 saturated carbocycles. The smallest absolute Gasteiger partial charge is 0.268 e. The van der Waals surface area contributed by atoms with Gasteiger partial charge in [-0.25, -0.2) is 8.97 Å². The van der Waals surface area contributed by atoms with E-state index in [1.807, 2.05) is 53.8 Å². The lowest BCUT2D eigenvalue weighted by Gasteiger charge is -2.26. The van der Waals surface area contributed by atoms with Crippen LogP contribution in [-0.2, 0) is 23.5 Å². The standard InChI is InChI=1S/C27H24Cl2N4O2S2/c1-14(2)21-11-17-22(12-35-21)37-25-23(17)24(34)32(16-7-4-6-15(3)10-16)26-30-31-27(33(25)26)36-13-18-19(28)8-5-9-20(18)29/h4-10,14,21H,11-13H2,1-3H3. The van der Waals surface area contributed by atoms with E-state index in [4.69, 9.17) is 27.9 Å². The van der Waals surface area contributed by atoms with Crippen molar-refractivity contribution in [1.29, 1.82) is 0 Å². The lowest BCUT2D eigenvalue weighted by molar-refractivity contribution is 0.00200. The van der Waals surface area contributed by atoms with Gasteiger partial charge in [0.15, 0.2) is 5.16 Å². The van der Waals surface area contributed by atoms with E-state index in [1.165, 1.54) is 11.8 Å². The van der Waals surface area contributed by atoms with E-state index in [1.54, 1.807) is 15.9 Å². The number of thiophene rings is 1. The SMILES string of the molecule is Cc1cccc(-n2c(=O)c3c4c(sc3n3c(SCc5c(Cl)cccc5Cl)nnc23)COC(C(C)C)C4)c1. The van der Waals surface area contributed by atoms with Gasteiger partial charge in [0.05, 0.1) is 23.8 Å². The maximum atomic E-state index is 14.1. The highest BCUT2D eigenvalue weighted by Gasteiger charge is 2.30. The van der Waals surface area contributed by atoms with Crippen molar-refractivity contribution in [3.63, 3.8) is 0 Å². The lowest BCUT2D eigenvalue weighted by atomic mass is 9.96. The van der Waals surface area contributed by atoms with Crippen LogP contribution in [0, 0.1) is 12.8 Å². The largest absolute Gasteiger partial charge is 0.372 e. The second kappa shape index (κ2) is 9.75. The number of aryl methyl sites for hydroxylation is 1. The number of ether oxygens (including phenoxy) is 1. The normalized spacial score (nSPS) is 15.7. The van der Waals surface area contributed by atoms with Crippen LogP contribution in [0.1, 0.15) is 35.4 Å². The molecule has 1 unspecified atom stereocenters. The molecule has 1 aliphatic heterocycles. The maximum Gasteiger partial charge on any atom is 0.268 e. The summed E-state index contributed by atoms with van der Waals surface area (Å²) in [4.78, 5) is 16.1. The van der Waals surface area contributed by atoms with E-state index >= 15 is 0 Å². The zero-order valence-corrected chi connectivity index (χ0v) is 23.6. The molecule has 6 rings (SSSR count). The molecule has 0 saturated heterocycles. The number of nitrogens with zero attached hydrogens (tertiary/aromatic N) is 4. The Hall–Kier alpha value is -2.36. The zero-order chi connectivity index (χ0) is 25.8. The Balaban J connectivity index is 1.59. The van der Waals surface area contributed by atoms with Crippen LogP contribution in [0.4, 0.5) is 0 Å². The summed E-state index contributed by atoms with van der Waals surface area (Å²) in [6.07, 6.45) is 0.784. The second-order valence-electron chi connectivity index (χ2n) is 9.57. The molecule has 190 valence electrons. The fourth-order valence-corrected chi connectivity index (χ4v) is 7.74. The van der Waals surface area contributed by atoms with E-state index in [-0.39, 0.29) is 11.7 Å². The molecule has 6 nitrogen and oxygen atoms in total. The summed E-state index contributed by atoms with van der Waals surface area (Å²) in [5.74, 6) is 1.36. The van der Waals surface area contributed by atoms with Crippen molar-refractivity contribution in [2.24, 2.45) is 5.92 Å². The molecule has 10 heteroatoms. The van der Waals surface area contributed by atoms with Crippen molar-refractivity contribution in [3.8, 4) is 5.69 Å². The first-order chi connectivity index (χ1) is 17.8. The van der Waals surface area contributed by atoms with Crippen LogP contribution in [0.2, 0.25) is 10.0 Å². The summed E-state index contributed by atoms with van der Waals surface area (Å²) in [5, 5.41) is 11.7. The molecule has 1 atom stereocenters. The molecule has 4 heterocycles. The molecule has 3 aromatic heterocycles. The number of hydrogen-bond acceptors (Lipinski definition) is 6. The van der Waals surface area contributed by atoms with Crippen LogP contribution in [0.5, 0.6) is 0 Å². The van der Waals surface area contributed by atoms with Crippen molar-refractivity contribution in [1.82, 2.24) is 19.2 Å². The summed E-state index contributed by atoms with van der Waals surface area (Å²) in [6, 6.07) is 13.4.